The average molecular weight is 205 g/mol. The van der Waals surface area contributed by atoms with Crippen molar-refractivity contribution in [1.29, 1.82) is 0 Å². The Morgan fingerprint density at radius 1 is 1.33 bits per heavy atom. The molecule has 1 aromatic rings. The SMILES string of the molecule is CCC(N)C/C=C/c1ccc(OC)cc1. The molecule has 0 aliphatic carbocycles. The summed E-state index contributed by atoms with van der Waals surface area (Å²) in [6, 6.07) is 8.26. The molecule has 2 nitrogen and oxygen atoms in total. The van der Waals surface area contributed by atoms with Crippen LogP contribution in [0.1, 0.15) is 25.3 Å². The quantitative estimate of drug-likeness (QED) is 0.802. The van der Waals surface area contributed by atoms with Crippen molar-refractivity contribution in [1.82, 2.24) is 0 Å². The zero-order chi connectivity index (χ0) is 11.1. The third kappa shape index (κ3) is 4.17. The fourth-order valence-electron chi connectivity index (χ4n) is 1.26. The van der Waals surface area contributed by atoms with E-state index in [-0.39, 0.29) is 6.04 Å². The molecular formula is C13H19NO. The summed E-state index contributed by atoms with van der Waals surface area (Å²) >= 11 is 0. The van der Waals surface area contributed by atoms with Crippen molar-refractivity contribution >= 4 is 6.08 Å². The third-order valence-corrected chi connectivity index (χ3v) is 2.39. The molecule has 0 fully saturated rings. The monoisotopic (exact) mass is 205 g/mol. The summed E-state index contributed by atoms with van der Waals surface area (Å²) in [7, 11) is 1.67. The summed E-state index contributed by atoms with van der Waals surface area (Å²) in [5.74, 6) is 0.886. The summed E-state index contributed by atoms with van der Waals surface area (Å²) in [5, 5.41) is 0. The fraction of sp³-hybridized carbons (Fsp3) is 0.385. The number of nitrogens with two attached hydrogens (primary N) is 1. The van der Waals surface area contributed by atoms with Gasteiger partial charge in [-0.3, -0.25) is 0 Å². The zero-order valence-electron chi connectivity index (χ0n) is 9.44. The fourth-order valence-corrected chi connectivity index (χ4v) is 1.26. The molecule has 0 radical (unpaired) electrons. The molecule has 1 rings (SSSR count). The standard InChI is InChI=1S/C13H19NO/c1-3-12(14)6-4-5-11-7-9-13(15-2)10-8-11/h4-5,7-10,12H,3,6,14H2,1-2H3/b5-4+. The van der Waals surface area contributed by atoms with Crippen molar-refractivity contribution in [3.63, 3.8) is 0 Å². The molecule has 0 spiro atoms. The third-order valence-electron chi connectivity index (χ3n) is 2.39. The maximum Gasteiger partial charge on any atom is 0.118 e. The largest absolute Gasteiger partial charge is 0.497 e. The van der Waals surface area contributed by atoms with E-state index in [0.717, 1.165) is 18.6 Å². The van der Waals surface area contributed by atoms with Gasteiger partial charge in [0.05, 0.1) is 7.11 Å². The highest BCUT2D eigenvalue weighted by atomic mass is 16.5. The van der Waals surface area contributed by atoms with E-state index in [2.05, 4.69) is 19.1 Å². The topological polar surface area (TPSA) is 35.2 Å². The molecule has 1 aromatic carbocycles. The van der Waals surface area contributed by atoms with Crippen LogP contribution in [0.25, 0.3) is 6.08 Å². The number of hydrogen-bond acceptors (Lipinski definition) is 2. The van der Waals surface area contributed by atoms with Crippen LogP contribution < -0.4 is 10.5 Å². The van der Waals surface area contributed by atoms with Gasteiger partial charge in [0.1, 0.15) is 5.75 Å². The number of rotatable bonds is 5. The van der Waals surface area contributed by atoms with Gasteiger partial charge in [0.2, 0.25) is 0 Å². The second-order valence-electron chi connectivity index (χ2n) is 3.58. The molecule has 82 valence electrons. The minimum absolute atomic E-state index is 0.277. The first-order chi connectivity index (χ1) is 7.26. The van der Waals surface area contributed by atoms with Gasteiger partial charge in [-0.15, -0.1) is 0 Å². The second kappa shape index (κ2) is 6.25. The van der Waals surface area contributed by atoms with Crippen LogP contribution in [0.15, 0.2) is 30.3 Å². The van der Waals surface area contributed by atoms with E-state index >= 15 is 0 Å². The van der Waals surface area contributed by atoms with Crippen LogP contribution in [-0.4, -0.2) is 13.2 Å². The van der Waals surface area contributed by atoms with Crippen molar-refractivity contribution in [2.45, 2.75) is 25.8 Å². The molecular weight excluding hydrogens is 186 g/mol. The number of benzene rings is 1. The summed E-state index contributed by atoms with van der Waals surface area (Å²) in [6.07, 6.45) is 6.17. The Kier molecular flexibility index (Phi) is 4.91. The lowest BCUT2D eigenvalue weighted by Gasteiger charge is -2.03. The lowest BCUT2D eigenvalue weighted by molar-refractivity contribution is 0.415. The molecule has 1 unspecified atom stereocenters. The molecule has 2 heteroatoms. The lowest BCUT2D eigenvalue weighted by atomic mass is 10.1. The van der Waals surface area contributed by atoms with Crippen LogP contribution in [0.4, 0.5) is 0 Å². The lowest BCUT2D eigenvalue weighted by Crippen LogP contribution is -2.16. The smallest absolute Gasteiger partial charge is 0.118 e. The second-order valence-corrected chi connectivity index (χ2v) is 3.58. The summed E-state index contributed by atoms with van der Waals surface area (Å²) in [5.41, 5.74) is 6.99. The Bertz CT molecular complexity index is 303. The molecule has 0 aliphatic rings. The molecule has 0 aromatic heterocycles. The van der Waals surface area contributed by atoms with E-state index in [1.54, 1.807) is 7.11 Å². The van der Waals surface area contributed by atoms with Crippen molar-refractivity contribution in [2.75, 3.05) is 7.11 Å². The minimum atomic E-state index is 0.277. The molecule has 1 atom stereocenters. The Balaban J connectivity index is 2.49. The van der Waals surface area contributed by atoms with Crippen LogP contribution >= 0.6 is 0 Å². The van der Waals surface area contributed by atoms with Crippen molar-refractivity contribution in [3.8, 4) is 5.75 Å². The Hall–Kier alpha value is -1.28. The van der Waals surface area contributed by atoms with Gasteiger partial charge < -0.3 is 10.5 Å². The Labute approximate surface area is 91.7 Å². The maximum atomic E-state index is 5.81. The number of methoxy groups -OCH3 is 1. The minimum Gasteiger partial charge on any atom is -0.497 e. The Morgan fingerprint density at radius 2 is 2.00 bits per heavy atom. The van der Waals surface area contributed by atoms with E-state index in [1.165, 1.54) is 5.56 Å². The zero-order valence-corrected chi connectivity index (χ0v) is 9.44. The highest BCUT2D eigenvalue weighted by Gasteiger charge is 1.94. The molecule has 15 heavy (non-hydrogen) atoms. The Morgan fingerprint density at radius 3 is 2.53 bits per heavy atom. The molecule has 0 bridgehead atoms. The van der Waals surface area contributed by atoms with Crippen LogP contribution in [0.5, 0.6) is 5.75 Å². The van der Waals surface area contributed by atoms with Gasteiger partial charge in [0, 0.05) is 6.04 Å². The van der Waals surface area contributed by atoms with Gasteiger partial charge in [-0.25, -0.2) is 0 Å². The average Bonchev–Trinajstić information content (AvgIpc) is 2.29. The van der Waals surface area contributed by atoms with Crippen LogP contribution in [0, 0.1) is 0 Å². The molecule has 0 saturated carbocycles. The molecule has 2 N–H and O–H groups in total. The van der Waals surface area contributed by atoms with E-state index in [1.807, 2.05) is 24.3 Å². The van der Waals surface area contributed by atoms with Crippen molar-refractivity contribution in [3.05, 3.63) is 35.9 Å². The molecule has 0 heterocycles. The van der Waals surface area contributed by atoms with E-state index < -0.39 is 0 Å². The predicted molar refractivity (Wildman–Crippen MR) is 64.9 cm³/mol. The van der Waals surface area contributed by atoms with Crippen molar-refractivity contribution < 1.29 is 4.74 Å². The van der Waals surface area contributed by atoms with Crippen LogP contribution in [-0.2, 0) is 0 Å². The summed E-state index contributed by atoms with van der Waals surface area (Å²) in [4.78, 5) is 0. The summed E-state index contributed by atoms with van der Waals surface area (Å²) in [6.45, 7) is 2.10. The van der Waals surface area contributed by atoms with Gasteiger partial charge in [-0.2, -0.15) is 0 Å². The van der Waals surface area contributed by atoms with Gasteiger partial charge in [0.25, 0.3) is 0 Å². The predicted octanol–water partition coefficient (Wildman–Crippen LogP) is 2.84. The highest BCUT2D eigenvalue weighted by Crippen LogP contribution is 2.12. The van der Waals surface area contributed by atoms with Crippen molar-refractivity contribution in [2.24, 2.45) is 5.73 Å². The number of ether oxygens (including phenoxy) is 1. The molecule has 0 aliphatic heterocycles. The maximum absolute atomic E-state index is 5.81. The van der Waals surface area contributed by atoms with Gasteiger partial charge in [0.15, 0.2) is 0 Å². The van der Waals surface area contributed by atoms with Gasteiger partial charge in [-0.1, -0.05) is 31.2 Å². The summed E-state index contributed by atoms with van der Waals surface area (Å²) < 4.78 is 5.09. The first-order valence-electron chi connectivity index (χ1n) is 5.32. The van der Waals surface area contributed by atoms with E-state index in [4.69, 9.17) is 10.5 Å². The van der Waals surface area contributed by atoms with Gasteiger partial charge in [-0.05, 0) is 30.5 Å². The first-order valence-corrected chi connectivity index (χ1v) is 5.32. The van der Waals surface area contributed by atoms with Gasteiger partial charge >= 0.3 is 0 Å². The molecule has 0 saturated heterocycles. The van der Waals surface area contributed by atoms with Crippen LogP contribution in [0.2, 0.25) is 0 Å². The van der Waals surface area contributed by atoms with E-state index in [0.29, 0.717) is 0 Å². The molecule has 0 amide bonds. The van der Waals surface area contributed by atoms with E-state index in [9.17, 15) is 0 Å². The normalized spacial score (nSPS) is 13.0. The first kappa shape index (κ1) is 11.8. The highest BCUT2D eigenvalue weighted by molar-refractivity contribution is 5.50. The van der Waals surface area contributed by atoms with Crippen LogP contribution in [0.3, 0.4) is 0 Å². The number of hydrogen-bond donors (Lipinski definition) is 1.